The number of fused-ring (bicyclic) bond motifs is 1. The zero-order chi connectivity index (χ0) is 18.3. The molecule has 1 saturated heterocycles. The number of thioether (sulfide) groups is 1. The largest absolute Gasteiger partial charge is 0.465 e. The minimum atomic E-state index is -0.367. The first-order valence-electron chi connectivity index (χ1n) is 8.17. The van der Waals surface area contributed by atoms with E-state index in [2.05, 4.69) is 4.98 Å². The van der Waals surface area contributed by atoms with Crippen molar-refractivity contribution in [2.45, 2.75) is 23.8 Å². The molecule has 0 N–H and O–H groups in total. The summed E-state index contributed by atoms with van der Waals surface area (Å²) in [7, 11) is 0. The van der Waals surface area contributed by atoms with Gasteiger partial charge in [0.1, 0.15) is 5.25 Å². The van der Waals surface area contributed by atoms with Gasteiger partial charge in [-0.25, -0.2) is 4.98 Å². The van der Waals surface area contributed by atoms with Gasteiger partial charge >= 0.3 is 5.97 Å². The number of carbonyl (C=O) groups excluding carboxylic acids is 1. The number of benzene rings is 2. The first kappa shape index (κ1) is 17.1. The van der Waals surface area contributed by atoms with Crippen LogP contribution in [0, 0.1) is 6.92 Å². The van der Waals surface area contributed by atoms with Gasteiger partial charge in [-0.2, -0.15) is 0 Å². The highest BCUT2D eigenvalue weighted by Crippen LogP contribution is 2.31. The molecule has 1 atom stereocenters. The predicted molar refractivity (Wildman–Crippen MR) is 102 cm³/mol. The molecule has 1 aromatic heterocycles. The van der Waals surface area contributed by atoms with Crippen molar-refractivity contribution in [1.82, 2.24) is 9.55 Å². The maximum atomic E-state index is 13.2. The van der Waals surface area contributed by atoms with Gasteiger partial charge in [0.15, 0.2) is 5.16 Å². The van der Waals surface area contributed by atoms with Crippen LogP contribution in [-0.4, -0.2) is 27.4 Å². The molecule has 3 aromatic rings. The van der Waals surface area contributed by atoms with Crippen molar-refractivity contribution in [3.05, 3.63) is 63.4 Å². The first-order chi connectivity index (χ1) is 12.6. The Morgan fingerprint density at radius 3 is 2.77 bits per heavy atom. The van der Waals surface area contributed by atoms with Crippen LogP contribution in [0.2, 0.25) is 5.02 Å². The van der Waals surface area contributed by atoms with E-state index < -0.39 is 0 Å². The lowest BCUT2D eigenvalue weighted by molar-refractivity contribution is -0.137. The smallest absolute Gasteiger partial charge is 0.319 e. The lowest BCUT2D eigenvalue weighted by Crippen LogP contribution is -2.24. The second-order valence-electron chi connectivity index (χ2n) is 6.00. The normalized spacial score (nSPS) is 16.8. The summed E-state index contributed by atoms with van der Waals surface area (Å²) in [5.41, 5.74) is 1.86. The number of hydrogen-bond donors (Lipinski definition) is 0. The van der Waals surface area contributed by atoms with Crippen molar-refractivity contribution in [2.24, 2.45) is 0 Å². The van der Waals surface area contributed by atoms with Gasteiger partial charge in [-0.15, -0.1) is 0 Å². The van der Waals surface area contributed by atoms with Crippen LogP contribution in [0.5, 0.6) is 0 Å². The summed E-state index contributed by atoms with van der Waals surface area (Å²) in [4.78, 5) is 29.8. The molecule has 2 aromatic carbocycles. The topological polar surface area (TPSA) is 61.2 Å². The van der Waals surface area contributed by atoms with E-state index in [1.54, 1.807) is 28.8 Å². The van der Waals surface area contributed by atoms with E-state index in [4.69, 9.17) is 16.3 Å². The molecule has 0 spiro atoms. The molecule has 4 rings (SSSR count). The number of halogens is 1. The summed E-state index contributed by atoms with van der Waals surface area (Å²) in [6, 6.07) is 12.6. The zero-order valence-corrected chi connectivity index (χ0v) is 15.5. The van der Waals surface area contributed by atoms with Crippen LogP contribution < -0.4 is 5.56 Å². The average Bonchev–Trinajstić information content (AvgIpc) is 3.03. The number of ether oxygens (including phenoxy) is 1. The lowest BCUT2D eigenvalue weighted by atomic mass is 10.2. The molecule has 2 heterocycles. The van der Waals surface area contributed by atoms with E-state index in [0.29, 0.717) is 39.8 Å². The molecule has 0 unspecified atom stereocenters. The molecule has 5 nitrogen and oxygen atoms in total. The van der Waals surface area contributed by atoms with Crippen LogP contribution in [0.4, 0.5) is 0 Å². The van der Waals surface area contributed by atoms with Gasteiger partial charge in [-0.3, -0.25) is 14.2 Å². The number of rotatable bonds is 3. The van der Waals surface area contributed by atoms with Gasteiger partial charge in [0.25, 0.3) is 5.56 Å². The van der Waals surface area contributed by atoms with E-state index in [9.17, 15) is 9.59 Å². The van der Waals surface area contributed by atoms with Gasteiger partial charge in [-0.05, 0) is 36.8 Å². The quantitative estimate of drug-likeness (QED) is 0.506. The van der Waals surface area contributed by atoms with Crippen LogP contribution in [0.3, 0.4) is 0 Å². The SMILES string of the molecule is Cc1c(Cl)cccc1-n1c(S[C@@H]2CCOC2=O)nc2ccccc2c1=O. The molecule has 1 aliphatic rings. The molecule has 132 valence electrons. The number of hydrogen-bond acceptors (Lipinski definition) is 5. The fourth-order valence-electron chi connectivity index (χ4n) is 2.95. The highest BCUT2D eigenvalue weighted by Gasteiger charge is 2.30. The van der Waals surface area contributed by atoms with Crippen LogP contribution >= 0.6 is 23.4 Å². The van der Waals surface area contributed by atoms with Crippen molar-refractivity contribution in [3.63, 3.8) is 0 Å². The van der Waals surface area contributed by atoms with Gasteiger partial charge in [-0.1, -0.05) is 41.6 Å². The Balaban J connectivity index is 1.98. The Morgan fingerprint density at radius 1 is 1.19 bits per heavy atom. The summed E-state index contributed by atoms with van der Waals surface area (Å²) < 4.78 is 6.59. The van der Waals surface area contributed by atoms with E-state index in [1.807, 2.05) is 25.1 Å². The van der Waals surface area contributed by atoms with Gasteiger partial charge in [0, 0.05) is 11.4 Å². The van der Waals surface area contributed by atoms with Crippen LogP contribution in [-0.2, 0) is 9.53 Å². The van der Waals surface area contributed by atoms with E-state index in [1.165, 1.54) is 11.8 Å². The minimum absolute atomic E-state index is 0.185. The average molecular weight is 387 g/mol. The number of esters is 1. The molecule has 26 heavy (non-hydrogen) atoms. The van der Waals surface area contributed by atoms with Gasteiger partial charge in [0.2, 0.25) is 0 Å². The fourth-order valence-corrected chi connectivity index (χ4v) is 4.19. The van der Waals surface area contributed by atoms with Crippen molar-refractivity contribution in [2.75, 3.05) is 6.61 Å². The summed E-state index contributed by atoms with van der Waals surface area (Å²) in [6.45, 7) is 2.25. The Kier molecular flexibility index (Phi) is 4.46. The van der Waals surface area contributed by atoms with Crippen molar-refractivity contribution in [3.8, 4) is 5.69 Å². The second kappa shape index (κ2) is 6.78. The highest BCUT2D eigenvalue weighted by atomic mass is 35.5. The molecule has 1 aliphatic heterocycles. The Hall–Kier alpha value is -2.31. The van der Waals surface area contributed by atoms with Crippen LogP contribution in [0.1, 0.15) is 12.0 Å². The molecule has 0 bridgehead atoms. The fraction of sp³-hybridized carbons (Fsp3) is 0.211. The summed E-state index contributed by atoms with van der Waals surface area (Å²) in [5, 5.41) is 1.18. The summed E-state index contributed by atoms with van der Waals surface area (Å²) >= 11 is 7.52. The Bertz CT molecular complexity index is 1080. The van der Waals surface area contributed by atoms with Crippen molar-refractivity contribution >= 4 is 40.2 Å². The Morgan fingerprint density at radius 2 is 2.00 bits per heavy atom. The second-order valence-corrected chi connectivity index (χ2v) is 7.58. The zero-order valence-electron chi connectivity index (χ0n) is 13.9. The molecular formula is C19H15ClN2O3S. The lowest BCUT2D eigenvalue weighted by Gasteiger charge is -2.16. The molecule has 1 fully saturated rings. The monoisotopic (exact) mass is 386 g/mol. The van der Waals surface area contributed by atoms with Crippen molar-refractivity contribution in [1.29, 1.82) is 0 Å². The highest BCUT2D eigenvalue weighted by molar-refractivity contribution is 8.00. The van der Waals surface area contributed by atoms with E-state index in [-0.39, 0.29) is 16.8 Å². The number of cyclic esters (lactones) is 1. The molecule has 0 saturated carbocycles. The molecule has 0 radical (unpaired) electrons. The maximum Gasteiger partial charge on any atom is 0.319 e. The van der Waals surface area contributed by atoms with Crippen molar-refractivity contribution < 1.29 is 9.53 Å². The standard InChI is InChI=1S/C19H15ClN2O3S/c1-11-13(20)6-4-8-15(11)22-17(23)12-5-2-3-7-14(12)21-19(22)26-16-9-10-25-18(16)24/h2-8,16H,9-10H2,1H3/t16-/m1/s1. The molecule has 0 aliphatic carbocycles. The third-order valence-electron chi connectivity index (χ3n) is 4.36. The van der Waals surface area contributed by atoms with E-state index in [0.717, 1.165) is 5.56 Å². The maximum absolute atomic E-state index is 13.2. The van der Waals surface area contributed by atoms with E-state index >= 15 is 0 Å². The number of nitrogens with zero attached hydrogens (tertiary/aromatic N) is 2. The van der Waals surface area contributed by atoms with Crippen LogP contribution in [0.15, 0.2) is 52.4 Å². The molecule has 0 amide bonds. The van der Waals surface area contributed by atoms with Gasteiger partial charge in [0.05, 0.1) is 23.2 Å². The molecular weight excluding hydrogens is 372 g/mol. The summed E-state index contributed by atoms with van der Waals surface area (Å²) in [5.74, 6) is -0.272. The Labute approximate surface area is 159 Å². The minimum Gasteiger partial charge on any atom is -0.465 e. The predicted octanol–water partition coefficient (Wildman–Crippen LogP) is 3.76. The number of aromatic nitrogens is 2. The van der Waals surface area contributed by atoms with Gasteiger partial charge < -0.3 is 4.74 Å². The van der Waals surface area contributed by atoms with Crippen LogP contribution in [0.25, 0.3) is 16.6 Å². The number of para-hydroxylation sites is 1. The number of carbonyl (C=O) groups is 1. The third kappa shape index (κ3) is 2.89. The third-order valence-corrected chi connectivity index (χ3v) is 5.97. The molecule has 7 heteroatoms. The summed E-state index contributed by atoms with van der Waals surface area (Å²) in [6.07, 6.45) is 0.598. The first-order valence-corrected chi connectivity index (χ1v) is 9.42.